The predicted octanol–water partition coefficient (Wildman–Crippen LogP) is 5.49. The molecule has 0 unspecified atom stereocenters. The summed E-state index contributed by atoms with van der Waals surface area (Å²) >= 11 is 0. The Balaban J connectivity index is 1.31. The highest BCUT2D eigenvalue weighted by Crippen LogP contribution is 2.67. The van der Waals surface area contributed by atoms with E-state index in [1.807, 2.05) is 20.3 Å². The summed E-state index contributed by atoms with van der Waals surface area (Å²) in [5.41, 5.74) is 0.610. The summed E-state index contributed by atoms with van der Waals surface area (Å²) in [6, 6.07) is 0. The van der Waals surface area contributed by atoms with Gasteiger partial charge in [0, 0.05) is 12.8 Å². The summed E-state index contributed by atoms with van der Waals surface area (Å²) in [7, 11) is 4.07. The second-order valence-electron chi connectivity index (χ2n) is 12.1. The van der Waals surface area contributed by atoms with Crippen molar-refractivity contribution in [2.24, 2.45) is 39.7 Å². The first-order chi connectivity index (χ1) is 14.3. The maximum absolute atomic E-state index is 11.4. The van der Waals surface area contributed by atoms with E-state index in [2.05, 4.69) is 23.9 Å². The Bertz CT molecular complexity index is 622. The summed E-state index contributed by atoms with van der Waals surface area (Å²) in [6.07, 6.45) is 16.8. The summed E-state index contributed by atoms with van der Waals surface area (Å²) in [5, 5.41) is 15.5. The molecule has 4 heteroatoms. The molecular formula is C26H46N2O2. The zero-order valence-electron chi connectivity index (χ0n) is 20.0. The molecule has 0 aliphatic heterocycles. The van der Waals surface area contributed by atoms with Crippen molar-refractivity contribution >= 4 is 6.21 Å². The Labute approximate surface area is 184 Å². The molecule has 7 atom stereocenters. The Hall–Kier alpha value is -0.610. The summed E-state index contributed by atoms with van der Waals surface area (Å²) in [5.74, 6) is 3.56. The van der Waals surface area contributed by atoms with Crippen LogP contribution < -0.4 is 0 Å². The van der Waals surface area contributed by atoms with Crippen LogP contribution in [0.4, 0.5) is 0 Å². The number of rotatable bonds is 7. The first-order valence-electron chi connectivity index (χ1n) is 12.8. The van der Waals surface area contributed by atoms with Crippen LogP contribution in [0.15, 0.2) is 5.16 Å². The van der Waals surface area contributed by atoms with E-state index in [1.165, 1.54) is 51.4 Å². The standard InChI is InChI=1S/C26H46N2O2/c1-24-11-5-7-22(24)21-9-8-20-19-26(29,12-6-16-27-30-18-17-28(3)4)15-14-25(20,2)23(21)10-13-24/h16,20-23,29H,5-15,17-19H2,1-4H3/t20-,21+,22+,23+,24+,25+,26+/m1/s1. The van der Waals surface area contributed by atoms with Gasteiger partial charge in [0.15, 0.2) is 0 Å². The zero-order valence-corrected chi connectivity index (χ0v) is 20.0. The molecule has 0 radical (unpaired) electrons. The van der Waals surface area contributed by atoms with Gasteiger partial charge in [-0.3, -0.25) is 0 Å². The number of hydrogen-bond donors (Lipinski definition) is 1. The van der Waals surface area contributed by atoms with Crippen molar-refractivity contribution in [1.29, 1.82) is 0 Å². The van der Waals surface area contributed by atoms with Crippen molar-refractivity contribution in [3.05, 3.63) is 0 Å². The molecule has 4 fully saturated rings. The fraction of sp³-hybridized carbons (Fsp3) is 0.962. The predicted molar refractivity (Wildman–Crippen MR) is 124 cm³/mol. The van der Waals surface area contributed by atoms with Crippen LogP contribution in [-0.4, -0.2) is 49.1 Å². The lowest BCUT2D eigenvalue weighted by atomic mass is 9.44. The van der Waals surface area contributed by atoms with E-state index in [-0.39, 0.29) is 0 Å². The largest absolute Gasteiger partial charge is 0.395 e. The molecule has 0 aromatic carbocycles. The summed E-state index contributed by atoms with van der Waals surface area (Å²) in [4.78, 5) is 7.41. The first-order valence-corrected chi connectivity index (χ1v) is 12.8. The van der Waals surface area contributed by atoms with Crippen LogP contribution in [0.1, 0.15) is 90.9 Å². The third kappa shape index (κ3) is 4.33. The van der Waals surface area contributed by atoms with Gasteiger partial charge in [0.1, 0.15) is 6.61 Å². The Kier molecular flexibility index (Phi) is 6.57. The van der Waals surface area contributed by atoms with Gasteiger partial charge in [0.2, 0.25) is 0 Å². The molecule has 0 spiro atoms. The highest BCUT2D eigenvalue weighted by Gasteiger charge is 2.59. The Morgan fingerprint density at radius 3 is 2.67 bits per heavy atom. The van der Waals surface area contributed by atoms with Crippen molar-refractivity contribution < 1.29 is 9.94 Å². The minimum absolute atomic E-state index is 0.461. The lowest BCUT2D eigenvalue weighted by molar-refractivity contribution is -0.148. The molecule has 4 aliphatic carbocycles. The zero-order chi connectivity index (χ0) is 21.4. The maximum Gasteiger partial charge on any atom is 0.129 e. The van der Waals surface area contributed by atoms with Gasteiger partial charge in [-0.05, 0) is 119 Å². The van der Waals surface area contributed by atoms with Crippen molar-refractivity contribution in [2.75, 3.05) is 27.2 Å². The van der Waals surface area contributed by atoms with Crippen LogP contribution in [0, 0.1) is 34.5 Å². The van der Waals surface area contributed by atoms with E-state index in [1.54, 1.807) is 0 Å². The van der Waals surface area contributed by atoms with Crippen LogP contribution in [0.3, 0.4) is 0 Å². The molecule has 172 valence electrons. The average Bonchev–Trinajstić information content (AvgIpc) is 3.09. The fourth-order valence-corrected chi connectivity index (χ4v) is 8.26. The highest BCUT2D eigenvalue weighted by molar-refractivity contribution is 5.56. The lowest BCUT2D eigenvalue weighted by Crippen LogP contribution is -2.55. The van der Waals surface area contributed by atoms with Gasteiger partial charge in [-0.25, -0.2) is 0 Å². The molecule has 4 aliphatic rings. The number of aliphatic hydroxyl groups is 1. The second-order valence-corrected chi connectivity index (χ2v) is 12.1. The normalized spacial score (nSPS) is 45.9. The smallest absolute Gasteiger partial charge is 0.129 e. The van der Waals surface area contributed by atoms with E-state index in [0.717, 1.165) is 50.0 Å². The maximum atomic E-state index is 11.4. The molecule has 0 saturated heterocycles. The van der Waals surface area contributed by atoms with Crippen LogP contribution in [0.5, 0.6) is 0 Å². The molecule has 30 heavy (non-hydrogen) atoms. The van der Waals surface area contributed by atoms with Crippen molar-refractivity contribution in [3.63, 3.8) is 0 Å². The second kappa shape index (κ2) is 8.73. The minimum Gasteiger partial charge on any atom is -0.395 e. The lowest BCUT2D eigenvalue weighted by Gasteiger charge is -2.61. The first kappa shape index (κ1) is 22.6. The monoisotopic (exact) mass is 418 g/mol. The van der Waals surface area contributed by atoms with Gasteiger partial charge in [0.25, 0.3) is 0 Å². The molecule has 4 rings (SSSR count). The quantitative estimate of drug-likeness (QED) is 0.337. The van der Waals surface area contributed by atoms with Gasteiger partial charge < -0.3 is 14.8 Å². The van der Waals surface area contributed by atoms with E-state index in [0.29, 0.717) is 23.4 Å². The minimum atomic E-state index is -0.497. The van der Waals surface area contributed by atoms with Gasteiger partial charge in [-0.15, -0.1) is 0 Å². The Morgan fingerprint density at radius 1 is 1.03 bits per heavy atom. The molecule has 0 heterocycles. The molecule has 4 nitrogen and oxygen atoms in total. The number of oxime groups is 1. The molecule has 0 bridgehead atoms. The van der Waals surface area contributed by atoms with Gasteiger partial charge >= 0.3 is 0 Å². The molecule has 1 N–H and O–H groups in total. The molecular weight excluding hydrogens is 372 g/mol. The molecule has 4 saturated carbocycles. The number of nitrogens with zero attached hydrogens (tertiary/aromatic N) is 2. The number of likely N-dealkylation sites (N-methyl/N-ethyl adjacent to an activating group) is 1. The number of fused-ring (bicyclic) bond motifs is 5. The third-order valence-corrected chi connectivity index (χ3v) is 10.1. The average molecular weight is 419 g/mol. The summed E-state index contributed by atoms with van der Waals surface area (Å²) < 4.78 is 0. The summed E-state index contributed by atoms with van der Waals surface area (Å²) in [6.45, 7) is 6.70. The van der Waals surface area contributed by atoms with E-state index in [4.69, 9.17) is 4.84 Å². The van der Waals surface area contributed by atoms with Crippen LogP contribution in [0.25, 0.3) is 0 Å². The molecule has 0 aromatic rings. The molecule has 0 amide bonds. The van der Waals surface area contributed by atoms with Crippen LogP contribution in [-0.2, 0) is 4.84 Å². The number of hydrogen-bond acceptors (Lipinski definition) is 4. The fourth-order valence-electron chi connectivity index (χ4n) is 8.26. The van der Waals surface area contributed by atoms with Crippen molar-refractivity contribution in [2.45, 2.75) is 96.5 Å². The van der Waals surface area contributed by atoms with Gasteiger partial charge in [-0.1, -0.05) is 25.4 Å². The topological polar surface area (TPSA) is 45.1 Å². The van der Waals surface area contributed by atoms with Crippen LogP contribution >= 0.6 is 0 Å². The Morgan fingerprint density at radius 2 is 1.87 bits per heavy atom. The van der Waals surface area contributed by atoms with Gasteiger partial charge in [-0.2, -0.15) is 0 Å². The molecule has 0 aromatic heterocycles. The van der Waals surface area contributed by atoms with Crippen molar-refractivity contribution in [1.82, 2.24) is 4.90 Å². The van der Waals surface area contributed by atoms with Gasteiger partial charge in [0.05, 0.1) is 5.60 Å². The SMILES string of the molecule is CN(C)CCON=CCC[C@]1(O)CC[C@@]2(C)[C@H](CC[C@H]3[C@@H]4CCC[C@@]4(C)CC[C@@H]32)C1. The van der Waals surface area contributed by atoms with E-state index in [9.17, 15) is 5.11 Å². The highest BCUT2D eigenvalue weighted by atomic mass is 16.6. The van der Waals surface area contributed by atoms with E-state index >= 15 is 0 Å². The van der Waals surface area contributed by atoms with E-state index < -0.39 is 5.60 Å². The third-order valence-electron chi connectivity index (χ3n) is 10.1. The van der Waals surface area contributed by atoms with Crippen molar-refractivity contribution in [3.8, 4) is 0 Å². The van der Waals surface area contributed by atoms with Crippen LogP contribution in [0.2, 0.25) is 0 Å².